The van der Waals surface area contributed by atoms with Crippen LogP contribution in [0, 0.1) is 0 Å². The highest BCUT2D eigenvalue weighted by Crippen LogP contribution is 2.15. The van der Waals surface area contributed by atoms with Crippen LogP contribution in [-0.4, -0.2) is 11.8 Å². The lowest BCUT2D eigenvalue weighted by atomic mass is 10.1. The van der Waals surface area contributed by atoms with E-state index >= 15 is 0 Å². The van der Waals surface area contributed by atoms with Crippen LogP contribution < -0.4 is 15.4 Å². The third kappa shape index (κ3) is 7.71. The molecule has 4 rings (SSSR count). The first kappa shape index (κ1) is 24.5. The van der Waals surface area contributed by atoms with E-state index in [0.29, 0.717) is 25.3 Å². The third-order valence-electron chi connectivity index (χ3n) is 5.53. The molecule has 0 atom stereocenters. The Kier molecular flexibility index (Phi) is 8.65. The number of hydrogen-bond donors (Lipinski definition) is 2. The van der Waals surface area contributed by atoms with Gasteiger partial charge in [-0.15, -0.1) is 0 Å². The Bertz CT molecular complexity index is 1280. The van der Waals surface area contributed by atoms with Gasteiger partial charge in [0, 0.05) is 24.7 Å². The van der Waals surface area contributed by atoms with Gasteiger partial charge in [0.25, 0.3) is 5.91 Å². The molecule has 0 aliphatic rings. The third-order valence-corrected chi connectivity index (χ3v) is 5.53. The van der Waals surface area contributed by atoms with Crippen molar-refractivity contribution in [2.45, 2.75) is 19.7 Å². The quantitative estimate of drug-likeness (QED) is 0.296. The predicted molar refractivity (Wildman–Crippen MR) is 142 cm³/mol. The molecule has 36 heavy (non-hydrogen) atoms. The highest BCUT2D eigenvalue weighted by atomic mass is 16.5. The van der Waals surface area contributed by atoms with Crippen molar-refractivity contribution in [2.24, 2.45) is 0 Å². The van der Waals surface area contributed by atoms with Crippen LogP contribution in [0.5, 0.6) is 5.75 Å². The molecule has 0 unspecified atom stereocenters. The molecule has 0 aromatic heterocycles. The minimum Gasteiger partial charge on any atom is -0.489 e. The molecule has 0 aliphatic carbocycles. The van der Waals surface area contributed by atoms with Gasteiger partial charge in [0.1, 0.15) is 12.4 Å². The van der Waals surface area contributed by atoms with Crippen molar-refractivity contribution in [3.63, 3.8) is 0 Å². The Morgan fingerprint density at radius 2 is 1.22 bits per heavy atom. The number of carbonyl (C=O) groups excluding carboxylic acids is 2. The lowest BCUT2D eigenvalue weighted by molar-refractivity contribution is -0.116. The molecule has 0 radical (unpaired) electrons. The van der Waals surface area contributed by atoms with Gasteiger partial charge in [0.05, 0.1) is 0 Å². The molecule has 0 saturated heterocycles. The van der Waals surface area contributed by atoms with E-state index < -0.39 is 0 Å². The molecule has 5 heteroatoms. The summed E-state index contributed by atoms with van der Waals surface area (Å²) < 4.78 is 5.79. The van der Waals surface area contributed by atoms with Crippen molar-refractivity contribution in [3.8, 4) is 5.75 Å². The van der Waals surface area contributed by atoms with Gasteiger partial charge >= 0.3 is 0 Å². The van der Waals surface area contributed by atoms with Crippen LogP contribution in [0.3, 0.4) is 0 Å². The average Bonchev–Trinajstić information content (AvgIpc) is 2.94. The Labute approximate surface area is 211 Å². The first-order valence-corrected chi connectivity index (χ1v) is 11.8. The molecule has 0 fully saturated rings. The normalized spacial score (nSPS) is 10.7. The van der Waals surface area contributed by atoms with Crippen LogP contribution in [0.25, 0.3) is 6.08 Å². The first-order chi connectivity index (χ1) is 17.7. The number of carbonyl (C=O) groups is 2. The Morgan fingerprint density at radius 1 is 0.639 bits per heavy atom. The zero-order valence-electron chi connectivity index (χ0n) is 19.9. The molecule has 0 spiro atoms. The van der Waals surface area contributed by atoms with Crippen molar-refractivity contribution in [3.05, 3.63) is 143 Å². The topological polar surface area (TPSA) is 67.4 Å². The van der Waals surface area contributed by atoms with Gasteiger partial charge < -0.3 is 15.4 Å². The monoisotopic (exact) mass is 476 g/mol. The summed E-state index contributed by atoms with van der Waals surface area (Å²) in [5.41, 5.74) is 4.56. The smallest absolute Gasteiger partial charge is 0.251 e. The molecule has 2 amide bonds. The summed E-state index contributed by atoms with van der Waals surface area (Å²) in [5.74, 6) is 0.454. The standard InChI is InChI=1S/C31H28N2O3/c34-30(20-15-24-13-18-29(19-14-24)36-23-27-9-5-2-6-10-27)32-21-26-11-16-28(17-12-26)31(35)33-22-25-7-3-1-4-8-25/h1-20H,21-23H2,(H,32,34)(H,33,35). The van der Waals surface area contributed by atoms with Gasteiger partial charge in [-0.25, -0.2) is 0 Å². The zero-order valence-corrected chi connectivity index (χ0v) is 19.9. The van der Waals surface area contributed by atoms with Crippen LogP contribution in [0.1, 0.15) is 32.6 Å². The highest BCUT2D eigenvalue weighted by Gasteiger charge is 2.06. The summed E-state index contributed by atoms with van der Waals surface area (Å²) in [6.45, 7) is 1.37. The highest BCUT2D eigenvalue weighted by molar-refractivity contribution is 5.94. The van der Waals surface area contributed by atoms with Crippen LogP contribution in [0.4, 0.5) is 0 Å². The van der Waals surface area contributed by atoms with Crippen molar-refractivity contribution in [1.29, 1.82) is 0 Å². The number of rotatable bonds is 10. The molecule has 0 saturated carbocycles. The maximum Gasteiger partial charge on any atom is 0.251 e. The summed E-state index contributed by atoms with van der Waals surface area (Å²) in [7, 11) is 0. The van der Waals surface area contributed by atoms with Gasteiger partial charge in [0.15, 0.2) is 0 Å². The fraction of sp³-hybridized carbons (Fsp3) is 0.0968. The minimum absolute atomic E-state index is 0.131. The summed E-state index contributed by atoms with van der Waals surface area (Å²) in [4.78, 5) is 24.6. The van der Waals surface area contributed by atoms with E-state index in [2.05, 4.69) is 10.6 Å². The fourth-order valence-electron chi connectivity index (χ4n) is 3.49. The van der Waals surface area contributed by atoms with Crippen LogP contribution in [-0.2, 0) is 24.5 Å². The van der Waals surface area contributed by atoms with Crippen LogP contribution >= 0.6 is 0 Å². The van der Waals surface area contributed by atoms with Gasteiger partial charge in [-0.3, -0.25) is 9.59 Å². The summed E-state index contributed by atoms with van der Waals surface area (Å²) in [6, 6.07) is 34.6. The van der Waals surface area contributed by atoms with Crippen molar-refractivity contribution >= 4 is 17.9 Å². The van der Waals surface area contributed by atoms with Gasteiger partial charge in [-0.2, -0.15) is 0 Å². The molecule has 0 heterocycles. The summed E-state index contributed by atoms with van der Waals surface area (Å²) in [5, 5.41) is 5.77. The van der Waals surface area contributed by atoms with Crippen LogP contribution in [0.2, 0.25) is 0 Å². The van der Waals surface area contributed by atoms with E-state index in [9.17, 15) is 9.59 Å². The first-order valence-electron chi connectivity index (χ1n) is 11.8. The lowest BCUT2D eigenvalue weighted by Crippen LogP contribution is -2.23. The van der Waals surface area contributed by atoms with E-state index in [1.165, 1.54) is 6.08 Å². The second-order valence-electron chi connectivity index (χ2n) is 8.26. The molecule has 5 nitrogen and oxygen atoms in total. The Balaban J connectivity index is 1.19. The van der Waals surface area contributed by atoms with E-state index in [1.54, 1.807) is 18.2 Å². The van der Waals surface area contributed by atoms with E-state index in [1.807, 2.05) is 97.1 Å². The van der Waals surface area contributed by atoms with E-state index in [0.717, 1.165) is 28.0 Å². The van der Waals surface area contributed by atoms with Crippen LogP contribution in [0.15, 0.2) is 115 Å². The number of benzene rings is 4. The molecule has 4 aromatic rings. The summed E-state index contributed by atoms with van der Waals surface area (Å²) in [6.07, 6.45) is 3.27. The number of amides is 2. The SMILES string of the molecule is O=C(C=Cc1ccc(OCc2ccccc2)cc1)NCc1ccc(C(=O)NCc2ccccc2)cc1. The zero-order chi connectivity index (χ0) is 25.0. The van der Waals surface area contributed by atoms with Crippen molar-refractivity contribution < 1.29 is 14.3 Å². The Morgan fingerprint density at radius 3 is 1.89 bits per heavy atom. The number of nitrogens with one attached hydrogen (secondary N) is 2. The molecule has 0 bridgehead atoms. The van der Waals surface area contributed by atoms with Crippen molar-refractivity contribution in [1.82, 2.24) is 10.6 Å². The van der Waals surface area contributed by atoms with Gasteiger partial charge in [-0.1, -0.05) is 84.9 Å². The number of ether oxygens (including phenoxy) is 1. The fourth-order valence-corrected chi connectivity index (χ4v) is 3.49. The van der Waals surface area contributed by atoms with Gasteiger partial charge in [-0.05, 0) is 52.6 Å². The molecule has 4 aromatic carbocycles. The second kappa shape index (κ2) is 12.7. The molecule has 2 N–H and O–H groups in total. The maximum atomic E-state index is 12.3. The lowest BCUT2D eigenvalue weighted by Gasteiger charge is -2.07. The molecule has 0 aliphatic heterocycles. The minimum atomic E-state index is -0.191. The molecular formula is C31H28N2O3. The Hall–Kier alpha value is -4.64. The summed E-state index contributed by atoms with van der Waals surface area (Å²) >= 11 is 0. The molecular weight excluding hydrogens is 448 g/mol. The second-order valence-corrected chi connectivity index (χ2v) is 8.26. The van der Waals surface area contributed by atoms with Crippen molar-refractivity contribution in [2.75, 3.05) is 0 Å². The molecule has 180 valence electrons. The van der Waals surface area contributed by atoms with Gasteiger partial charge in [0.2, 0.25) is 5.91 Å². The predicted octanol–water partition coefficient (Wildman–Crippen LogP) is 5.53. The largest absolute Gasteiger partial charge is 0.489 e. The maximum absolute atomic E-state index is 12.3. The van der Waals surface area contributed by atoms with E-state index in [-0.39, 0.29) is 11.8 Å². The average molecular weight is 477 g/mol. The number of hydrogen-bond acceptors (Lipinski definition) is 3. The van der Waals surface area contributed by atoms with E-state index in [4.69, 9.17) is 4.74 Å².